The molecule has 3 rings (SSSR count). The molecule has 2 aliphatic rings. The summed E-state index contributed by atoms with van der Waals surface area (Å²) < 4.78 is 42.7. The number of halogens is 2. The monoisotopic (exact) mass is 691 g/mol. The van der Waals surface area contributed by atoms with Crippen LogP contribution in [0.2, 0.25) is 38.3 Å². The summed E-state index contributed by atoms with van der Waals surface area (Å²) in [6.45, 7) is 17.0. The van der Waals surface area contributed by atoms with E-state index >= 15 is 8.78 Å². The smallest absolute Gasteiger partial charge is 0.201 e. The Morgan fingerprint density at radius 1 is 0.766 bits per heavy atom. The Labute approximate surface area is 291 Å². The van der Waals surface area contributed by atoms with Crippen LogP contribution in [-0.2, 0) is 4.12 Å². The van der Waals surface area contributed by atoms with E-state index in [2.05, 4.69) is 53.0 Å². The van der Waals surface area contributed by atoms with E-state index < -0.39 is 28.3 Å². The fourth-order valence-corrected chi connectivity index (χ4v) is 17.3. The number of benzene rings is 1. The predicted octanol–water partition coefficient (Wildman–Crippen LogP) is 14.1. The minimum atomic E-state index is -1.61. The standard InChI is InChI=1S/C41H72F2O2Si2/c1-8-10-15-18-34-19-21-35(22-20-34)36-23-25-37(26-24-36)38-27-28-39(41(43)40(38)42)44-30-16-13-11-12-14-17-31-46(4,5)45-47(6,7)32-29-33(3)9-2/h25,27-28,33-36H,8-24,26,29-32H2,1-7H3. The van der Waals surface area contributed by atoms with Crippen LogP contribution < -0.4 is 4.74 Å². The number of hydrogen-bond donors (Lipinski definition) is 0. The Balaban J connectivity index is 1.30. The number of ether oxygens (including phenoxy) is 1. The highest BCUT2D eigenvalue weighted by molar-refractivity contribution is 6.84. The molecule has 2 unspecified atom stereocenters. The molecule has 0 saturated heterocycles. The molecule has 0 aliphatic heterocycles. The summed E-state index contributed by atoms with van der Waals surface area (Å²) in [5.41, 5.74) is 1.41. The van der Waals surface area contributed by atoms with E-state index in [9.17, 15) is 0 Å². The molecule has 270 valence electrons. The molecule has 0 heterocycles. The third-order valence-electron chi connectivity index (χ3n) is 11.5. The maximum absolute atomic E-state index is 15.2. The molecular weight excluding hydrogens is 619 g/mol. The van der Waals surface area contributed by atoms with Gasteiger partial charge < -0.3 is 8.85 Å². The number of rotatable bonds is 22. The van der Waals surface area contributed by atoms with Gasteiger partial charge in [0.2, 0.25) is 5.82 Å². The van der Waals surface area contributed by atoms with Gasteiger partial charge in [0, 0.05) is 5.56 Å². The summed E-state index contributed by atoms with van der Waals surface area (Å²) >= 11 is 0. The molecule has 1 aromatic carbocycles. The van der Waals surface area contributed by atoms with Gasteiger partial charge in [-0.3, -0.25) is 0 Å². The van der Waals surface area contributed by atoms with E-state index in [4.69, 9.17) is 8.85 Å². The molecule has 0 N–H and O–H groups in total. The molecule has 1 fully saturated rings. The third kappa shape index (κ3) is 14.4. The molecule has 1 aromatic rings. The van der Waals surface area contributed by atoms with Crippen LogP contribution in [0.4, 0.5) is 8.78 Å². The van der Waals surface area contributed by atoms with Crippen LogP contribution in [0.25, 0.3) is 5.57 Å². The Morgan fingerprint density at radius 3 is 2.11 bits per heavy atom. The Bertz CT molecular complexity index is 1060. The first-order chi connectivity index (χ1) is 22.4. The van der Waals surface area contributed by atoms with Crippen molar-refractivity contribution < 1.29 is 17.6 Å². The largest absolute Gasteiger partial charge is 0.490 e. The second-order valence-electron chi connectivity index (χ2n) is 16.7. The summed E-state index contributed by atoms with van der Waals surface area (Å²) in [6, 6.07) is 5.90. The van der Waals surface area contributed by atoms with E-state index in [0.717, 1.165) is 61.9 Å². The SMILES string of the molecule is CCCCCC1CCC(C2CC=C(c3ccc(OCCCCCCCC[Si](C)(C)O[Si](C)(C)CCC(C)CC)c(F)c3F)CC2)CC1. The first kappa shape index (κ1) is 40.4. The van der Waals surface area contributed by atoms with Crippen LogP contribution in [0.3, 0.4) is 0 Å². The predicted molar refractivity (Wildman–Crippen MR) is 204 cm³/mol. The molecule has 2 nitrogen and oxygen atoms in total. The lowest BCUT2D eigenvalue weighted by Gasteiger charge is -2.35. The van der Waals surface area contributed by atoms with Gasteiger partial charge in [-0.25, -0.2) is 4.39 Å². The van der Waals surface area contributed by atoms with Crippen LogP contribution in [0.5, 0.6) is 5.75 Å². The highest BCUT2D eigenvalue weighted by Crippen LogP contribution is 2.43. The van der Waals surface area contributed by atoms with Crippen LogP contribution >= 0.6 is 0 Å². The van der Waals surface area contributed by atoms with Gasteiger partial charge in [0.25, 0.3) is 0 Å². The van der Waals surface area contributed by atoms with Crippen LogP contribution in [-0.4, -0.2) is 23.2 Å². The summed E-state index contributed by atoms with van der Waals surface area (Å²) in [5, 5.41) is 0. The summed E-state index contributed by atoms with van der Waals surface area (Å²) in [6.07, 6.45) is 25.5. The second-order valence-corrected chi connectivity index (χ2v) is 25.5. The molecule has 0 radical (unpaired) electrons. The topological polar surface area (TPSA) is 18.5 Å². The quantitative estimate of drug-likeness (QED) is 0.0890. The molecule has 2 atom stereocenters. The lowest BCUT2D eigenvalue weighted by Crippen LogP contribution is -2.44. The maximum Gasteiger partial charge on any atom is 0.201 e. The van der Waals surface area contributed by atoms with Crippen molar-refractivity contribution in [1.82, 2.24) is 0 Å². The normalized spacial score (nSPS) is 21.5. The van der Waals surface area contributed by atoms with Gasteiger partial charge in [0.15, 0.2) is 28.2 Å². The van der Waals surface area contributed by atoms with Crippen molar-refractivity contribution in [2.45, 2.75) is 181 Å². The van der Waals surface area contributed by atoms with Gasteiger partial charge in [0.1, 0.15) is 0 Å². The highest BCUT2D eigenvalue weighted by atomic mass is 28.4. The second kappa shape index (κ2) is 20.6. The van der Waals surface area contributed by atoms with Crippen molar-refractivity contribution in [2.75, 3.05) is 6.61 Å². The molecule has 0 aromatic heterocycles. The van der Waals surface area contributed by atoms with Gasteiger partial charge in [-0.1, -0.05) is 110 Å². The van der Waals surface area contributed by atoms with Crippen molar-refractivity contribution in [3.63, 3.8) is 0 Å². The molecule has 2 aliphatic carbocycles. The first-order valence-corrected chi connectivity index (χ1v) is 26.2. The van der Waals surface area contributed by atoms with Crippen molar-refractivity contribution in [3.05, 3.63) is 35.4 Å². The lowest BCUT2D eigenvalue weighted by atomic mass is 9.70. The van der Waals surface area contributed by atoms with Crippen molar-refractivity contribution in [2.24, 2.45) is 23.7 Å². The van der Waals surface area contributed by atoms with E-state index in [-0.39, 0.29) is 5.75 Å². The fraction of sp³-hybridized carbons (Fsp3) is 0.805. The molecular formula is C41H72F2O2Si2. The molecule has 47 heavy (non-hydrogen) atoms. The molecule has 0 amide bonds. The molecule has 0 spiro atoms. The summed E-state index contributed by atoms with van der Waals surface area (Å²) in [4.78, 5) is 0. The molecule has 6 heteroatoms. The van der Waals surface area contributed by atoms with Crippen molar-refractivity contribution in [1.29, 1.82) is 0 Å². The minimum Gasteiger partial charge on any atom is -0.490 e. The molecule has 1 saturated carbocycles. The summed E-state index contributed by atoms with van der Waals surface area (Å²) in [5.74, 6) is 1.74. The minimum absolute atomic E-state index is 0.0547. The number of allylic oxidation sites excluding steroid dienone is 2. The van der Waals surface area contributed by atoms with E-state index in [1.807, 2.05) is 0 Å². The van der Waals surface area contributed by atoms with Gasteiger partial charge in [-0.2, -0.15) is 4.39 Å². The van der Waals surface area contributed by atoms with Crippen molar-refractivity contribution >= 4 is 22.2 Å². The van der Waals surface area contributed by atoms with Crippen LogP contribution in [0, 0.1) is 35.3 Å². The molecule has 0 bridgehead atoms. The fourth-order valence-electron chi connectivity index (χ4n) is 8.24. The lowest BCUT2D eigenvalue weighted by molar-refractivity contribution is 0.187. The van der Waals surface area contributed by atoms with Crippen molar-refractivity contribution in [3.8, 4) is 5.75 Å². The highest BCUT2D eigenvalue weighted by Gasteiger charge is 2.33. The maximum atomic E-state index is 15.2. The average Bonchev–Trinajstić information content (AvgIpc) is 3.05. The summed E-state index contributed by atoms with van der Waals surface area (Å²) in [7, 11) is -3.19. The average molecular weight is 691 g/mol. The number of hydrogen-bond acceptors (Lipinski definition) is 2. The zero-order valence-corrected chi connectivity index (χ0v) is 33.7. The zero-order valence-electron chi connectivity index (χ0n) is 31.7. The van der Waals surface area contributed by atoms with Gasteiger partial charge >= 0.3 is 0 Å². The van der Waals surface area contributed by atoms with Gasteiger partial charge in [-0.05, 0) is 118 Å². The zero-order chi connectivity index (χ0) is 34.3. The van der Waals surface area contributed by atoms with Crippen LogP contribution in [0.1, 0.15) is 148 Å². The van der Waals surface area contributed by atoms with E-state index in [1.165, 1.54) is 95.6 Å². The Morgan fingerprint density at radius 2 is 1.45 bits per heavy atom. The number of unbranched alkanes of at least 4 members (excludes halogenated alkanes) is 7. The van der Waals surface area contributed by atoms with E-state index in [1.54, 1.807) is 12.1 Å². The van der Waals surface area contributed by atoms with E-state index in [0.29, 0.717) is 18.1 Å². The Hall–Kier alpha value is -0.986. The van der Waals surface area contributed by atoms with Gasteiger partial charge in [0.05, 0.1) is 6.61 Å². The van der Waals surface area contributed by atoms with Crippen LogP contribution in [0.15, 0.2) is 18.2 Å². The van der Waals surface area contributed by atoms with Gasteiger partial charge in [-0.15, -0.1) is 0 Å². The third-order valence-corrected chi connectivity index (χ3v) is 19.0. The Kier molecular flexibility index (Phi) is 17.8. The first-order valence-electron chi connectivity index (χ1n) is 19.9.